The van der Waals surface area contributed by atoms with Crippen molar-refractivity contribution in [3.63, 3.8) is 0 Å². The molecule has 1 rings (SSSR count). The molecule has 0 aliphatic heterocycles. The highest BCUT2D eigenvalue weighted by Crippen LogP contribution is 2.24. The average molecular weight is 292 g/mol. The van der Waals surface area contributed by atoms with Crippen molar-refractivity contribution < 1.29 is 4.79 Å². The Balaban J connectivity index is 2.34. The number of hydrogen-bond donors (Lipinski definition) is 1. The first-order valence-corrected chi connectivity index (χ1v) is 5.79. The lowest BCUT2D eigenvalue weighted by Crippen LogP contribution is -2.42. The smallest absolute Gasteiger partial charge is 0.234 e. The summed E-state index contributed by atoms with van der Waals surface area (Å²) in [4.78, 5) is 11.1. The van der Waals surface area contributed by atoms with Crippen LogP contribution in [0.2, 0.25) is 0 Å². The maximum Gasteiger partial charge on any atom is 0.234 e. The molecule has 3 nitrogen and oxygen atoms in total. The van der Waals surface area contributed by atoms with Crippen molar-refractivity contribution in [3.05, 3.63) is 0 Å². The highest BCUT2D eigenvalue weighted by molar-refractivity contribution is 14.1. The molecule has 0 spiro atoms. The highest BCUT2D eigenvalue weighted by atomic mass is 127. The lowest BCUT2D eigenvalue weighted by Gasteiger charge is -2.27. The second-order valence-electron chi connectivity index (χ2n) is 3.31. The number of nitrogens with zero attached hydrogens (tertiary/aromatic N) is 1. The van der Waals surface area contributed by atoms with Gasteiger partial charge in [0.1, 0.15) is 6.42 Å². The molecule has 0 heterocycles. The van der Waals surface area contributed by atoms with E-state index in [-0.39, 0.29) is 18.4 Å². The fraction of sp³-hybridized carbons (Fsp3) is 0.778. The van der Waals surface area contributed by atoms with Crippen molar-refractivity contribution in [3.8, 4) is 6.07 Å². The summed E-state index contributed by atoms with van der Waals surface area (Å²) in [6.07, 6.45) is 4.68. The molecule has 1 N–H and O–H groups in total. The van der Waals surface area contributed by atoms with Crippen LogP contribution in [0.1, 0.15) is 32.1 Å². The van der Waals surface area contributed by atoms with Gasteiger partial charge in [0, 0.05) is 9.97 Å². The van der Waals surface area contributed by atoms with Gasteiger partial charge in [-0.3, -0.25) is 4.79 Å². The van der Waals surface area contributed by atoms with Crippen LogP contribution in [0.4, 0.5) is 0 Å². The van der Waals surface area contributed by atoms with Gasteiger partial charge in [0.25, 0.3) is 0 Å². The topological polar surface area (TPSA) is 52.9 Å². The molecule has 13 heavy (non-hydrogen) atoms. The molecule has 1 amide bonds. The summed E-state index contributed by atoms with van der Waals surface area (Å²) < 4.78 is 0.536. The van der Waals surface area contributed by atoms with Crippen molar-refractivity contribution in [2.75, 3.05) is 0 Å². The Hall–Kier alpha value is -0.310. The Labute approximate surface area is 92.0 Å². The minimum Gasteiger partial charge on any atom is -0.351 e. The largest absolute Gasteiger partial charge is 0.351 e. The van der Waals surface area contributed by atoms with Crippen LogP contribution in [0.25, 0.3) is 0 Å². The lowest BCUT2D eigenvalue weighted by molar-refractivity contribution is -0.120. The zero-order valence-corrected chi connectivity index (χ0v) is 9.58. The average Bonchev–Trinajstić information content (AvgIpc) is 2.09. The Kier molecular flexibility index (Phi) is 4.50. The first-order chi connectivity index (χ1) is 6.24. The van der Waals surface area contributed by atoms with Crippen LogP contribution in [-0.4, -0.2) is 15.9 Å². The van der Waals surface area contributed by atoms with Gasteiger partial charge in [-0.05, 0) is 12.8 Å². The van der Waals surface area contributed by atoms with Crippen molar-refractivity contribution in [1.29, 1.82) is 5.26 Å². The third-order valence-electron chi connectivity index (χ3n) is 2.27. The number of carbonyl (C=O) groups is 1. The molecule has 2 atom stereocenters. The highest BCUT2D eigenvalue weighted by Gasteiger charge is 2.23. The van der Waals surface area contributed by atoms with Crippen LogP contribution >= 0.6 is 22.6 Å². The van der Waals surface area contributed by atoms with Gasteiger partial charge in [-0.15, -0.1) is 0 Å². The molecule has 0 unspecified atom stereocenters. The quantitative estimate of drug-likeness (QED) is 0.623. The Morgan fingerprint density at radius 2 is 2.23 bits per heavy atom. The van der Waals surface area contributed by atoms with E-state index >= 15 is 0 Å². The third-order valence-corrected chi connectivity index (χ3v) is 3.76. The summed E-state index contributed by atoms with van der Waals surface area (Å²) >= 11 is 2.38. The molecule has 1 aliphatic rings. The number of halogens is 1. The van der Waals surface area contributed by atoms with Gasteiger partial charge in [0.05, 0.1) is 6.07 Å². The zero-order chi connectivity index (χ0) is 9.68. The maximum atomic E-state index is 11.1. The monoisotopic (exact) mass is 292 g/mol. The van der Waals surface area contributed by atoms with E-state index in [4.69, 9.17) is 5.26 Å². The van der Waals surface area contributed by atoms with Gasteiger partial charge < -0.3 is 5.32 Å². The Bertz CT molecular complexity index is 224. The molecular weight excluding hydrogens is 279 g/mol. The molecule has 1 saturated carbocycles. The maximum absolute atomic E-state index is 11.1. The third kappa shape index (κ3) is 3.51. The first kappa shape index (κ1) is 10.8. The number of hydrogen-bond acceptors (Lipinski definition) is 2. The SMILES string of the molecule is N#CCC(=O)N[C@@H]1CCCC[C@H]1I. The van der Waals surface area contributed by atoms with Crippen LogP contribution < -0.4 is 5.32 Å². The molecule has 0 aromatic carbocycles. The number of alkyl halides is 1. The minimum atomic E-state index is -0.129. The fourth-order valence-corrected chi connectivity index (χ4v) is 2.56. The molecule has 0 bridgehead atoms. The molecule has 1 aliphatic carbocycles. The molecule has 72 valence electrons. The lowest BCUT2D eigenvalue weighted by atomic mass is 9.95. The van der Waals surface area contributed by atoms with Crippen LogP contribution in [-0.2, 0) is 4.79 Å². The summed E-state index contributed by atoms with van der Waals surface area (Å²) in [6.45, 7) is 0. The van der Waals surface area contributed by atoms with E-state index in [1.807, 2.05) is 6.07 Å². The van der Waals surface area contributed by atoms with Crippen molar-refractivity contribution >= 4 is 28.5 Å². The van der Waals surface area contributed by atoms with Gasteiger partial charge in [-0.2, -0.15) is 5.26 Å². The van der Waals surface area contributed by atoms with E-state index in [0.717, 1.165) is 6.42 Å². The van der Waals surface area contributed by atoms with Gasteiger partial charge in [-0.25, -0.2) is 0 Å². The number of rotatable bonds is 2. The summed E-state index contributed by atoms with van der Waals surface area (Å²) in [5.74, 6) is -0.129. The van der Waals surface area contributed by atoms with Gasteiger partial charge in [-0.1, -0.05) is 35.4 Å². The zero-order valence-electron chi connectivity index (χ0n) is 7.42. The van der Waals surface area contributed by atoms with Crippen LogP contribution in [0.5, 0.6) is 0 Å². The van der Waals surface area contributed by atoms with Crippen LogP contribution in [0.15, 0.2) is 0 Å². The summed E-state index contributed by atoms with van der Waals surface area (Å²) in [5.41, 5.74) is 0. The molecular formula is C9H13IN2O. The van der Waals surface area contributed by atoms with Gasteiger partial charge >= 0.3 is 0 Å². The second-order valence-corrected chi connectivity index (χ2v) is 4.91. The number of nitriles is 1. The van der Waals surface area contributed by atoms with E-state index in [1.54, 1.807) is 0 Å². The molecule has 4 heteroatoms. The molecule has 0 aromatic rings. The summed E-state index contributed by atoms with van der Waals surface area (Å²) in [6, 6.07) is 2.14. The van der Waals surface area contributed by atoms with E-state index in [9.17, 15) is 4.79 Å². The Morgan fingerprint density at radius 1 is 1.54 bits per heavy atom. The van der Waals surface area contributed by atoms with Gasteiger partial charge in [0.15, 0.2) is 0 Å². The number of amides is 1. The Morgan fingerprint density at radius 3 is 2.85 bits per heavy atom. The summed E-state index contributed by atoms with van der Waals surface area (Å²) in [7, 11) is 0. The van der Waals surface area contributed by atoms with Gasteiger partial charge in [0.2, 0.25) is 5.91 Å². The number of carbonyl (C=O) groups excluding carboxylic acids is 1. The number of nitrogens with one attached hydrogen (secondary N) is 1. The minimum absolute atomic E-state index is 0.0140. The molecule has 0 saturated heterocycles. The van der Waals surface area contributed by atoms with E-state index in [2.05, 4.69) is 27.9 Å². The van der Waals surface area contributed by atoms with Crippen LogP contribution in [0.3, 0.4) is 0 Å². The predicted molar refractivity (Wildman–Crippen MR) is 58.4 cm³/mol. The molecule has 0 aromatic heterocycles. The normalized spacial score (nSPS) is 27.7. The van der Waals surface area contributed by atoms with E-state index < -0.39 is 0 Å². The standard InChI is InChI=1S/C9H13IN2O/c10-7-3-1-2-4-8(7)12-9(13)5-6-11/h7-8H,1-5H2,(H,12,13)/t7-,8-/m1/s1. The first-order valence-electron chi connectivity index (χ1n) is 4.54. The summed E-state index contributed by atoms with van der Waals surface area (Å²) in [5, 5.41) is 11.2. The van der Waals surface area contributed by atoms with E-state index in [0.29, 0.717) is 3.92 Å². The second kappa shape index (κ2) is 5.43. The van der Waals surface area contributed by atoms with E-state index in [1.165, 1.54) is 19.3 Å². The van der Waals surface area contributed by atoms with Crippen LogP contribution in [0, 0.1) is 11.3 Å². The van der Waals surface area contributed by atoms with Crippen molar-refractivity contribution in [1.82, 2.24) is 5.32 Å². The van der Waals surface area contributed by atoms with Crippen molar-refractivity contribution in [2.24, 2.45) is 0 Å². The van der Waals surface area contributed by atoms with Crippen molar-refractivity contribution in [2.45, 2.75) is 42.1 Å². The fourth-order valence-electron chi connectivity index (χ4n) is 1.58. The molecule has 1 fully saturated rings. The molecule has 0 radical (unpaired) electrons. The predicted octanol–water partition coefficient (Wildman–Crippen LogP) is 1.76.